The van der Waals surface area contributed by atoms with E-state index in [1.54, 1.807) is 13.2 Å². The standard InChI is InChI=1S/C25H25N3O3/c1-30-20-9-7-19(8-10-20)28-15-13-27(14-16-28)17-22-23(29)12-11-21-24(26-31-25(21)22)18-5-3-2-4-6-18/h2-12,29H,13-17H2,1H3. The molecule has 1 fully saturated rings. The van der Waals surface area contributed by atoms with E-state index in [0.29, 0.717) is 12.1 Å². The second-order valence-electron chi connectivity index (χ2n) is 7.80. The smallest absolute Gasteiger partial charge is 0.175 e. The first-order valence-corrected chi connectivity index (χ1v) is 10.5. The van der Waals surface area contributed by atoms with Gasteiger partial charge in [0.15, 0.2) is 5.58 Å². The van der Waals surface area contributed by atoms with Gasteiger partial charge in [0.25, 0.3) is 0 Å². The highest BCUT2D eigenvalue weighted by atomic mass is 16.5. The Balaban J connectivity index is 1.33. The predicted molar refractivity (Wildman–Crippen MR) is 122 cm³/mol. The topological polar surface area (TPSA) is 62.0 Å². The maximum absolute atomic E-state index is 10.6. The molecule has 31 heavy (non-hydrogen) atoms. The lowest BCUT2D eigenvalue weighted by atomic mass is 10.0. The fourth-order valence-electron chi connectivity index (χ4n) is 4.19. The molecule has 0 spiro atoms. The van der Waals surface area contributed by atoms with Crippen LogP contribution < -0.4 is 9.64 Å². The molecule has 1 saturated heterocycles. The summed E-state index contributed by atoms with van der Waals surface area (Å²) in [7, 11) is 1.68. The number of aromatic hydroxyl groups is 1. The first-order chi connectivity index (χ1) is 15.2. The molecule has 158 valence electrons. The van der Waals surface area contributed by atoms with Gasteiger partial charge in [-0.3, -0.25) is 4.90 Å². The number of aromatic nitrogens is 1. The van der Waals surface area contributed by atoms with Crippen LogP contribution in [0.2, 0.25) is 0 Å². The number of phenols is 1. The van der Waals surface area contributed by atoms with Gasteiger partial charge in [-0.25, -0.2) is 0 Å². The lowest BCUT2D eigenvalue weighted by molar-refractivity contribution is 0.246. The van der Waals surface area contributed by atoms with Gasteiger partial charge in [-0.05, 0) is 36.4 Å². The van der Waals surface area contributed by atoms with Crippen LogP contribution in [0.4, 0.5) is 5.69 Å². The summed E-state index contributed by atoms with van der Waals surface area (Å²) < 4.78 is 11.0. The number of methoxy groups -OCH3 is 1. The molecule has 1 N–H and O–H groups in total. The number of phenolic OH excluding ortho intramolecular Hbond substituents is 1. The maximum atomic E-state index is 10.6. The highest BCUT2D eigenvalue weighted by Crippen LogP contribution is 2.35. The Bertz CT molecular complexity index is 1160. The van der Waals surface area contributed by atoms with Gasteiger partial charge in [0, 0.05) is 44.0 Å². The van der Waals surface area contributed by atoms with Crippen LogP contribution in [0.5, 0.6) is 11.5 Å². The number of hydrogen-bond donors (Lipinski definition) is 1. The number of rotatable bonds is 5. The highest BCUT2D eigenvalue weighted by molar-refractivity contribution is 5.94. The average molecular weight is 415 g/mol. The van der Waals surface area contributed by atoms with Gasteiger partial charge in [0.2, 0.25) is 0 Å². The van der Waals surface area contributed by atoms with E-state index in [1.807, 2.05) is 48.5 Å². The van der Waals surface area contributed by atoms with E-state index in [4.69, 9.17) is 9.26 Å². The molecule has 0 bridgehead atoms. The molecule has 1 aliphatic rings. The van der Waals surface area contributed by atoms with Crippen molar-refractivity contribution in [2.45, 2.75) is 6.54 Å². The van der Waals surface area contributed by atoms with Crippen LogP contribution in [0.3, 0.4) is 0 Å². The van der Waals surface area contributed by atoms with Gasteiger partial charge < -0.3 is 19.3 Å². The first kappa shape index (κ1) is 19.5. The van der Waals surface area contributed by atoms with Crippen molar-refractivity contribution in [1.82, 2.24) is 10.1 Å². The van der Waals surface area contributed by atoms with Crippen molar-refractivity contribution in [3.8, 4) is 22.8 Å². The van der Waals surface area contributed by atoms with Gasteiger partial charge in [-0.15, -0.1) is 0 Å². The fraction of sp³-hybridized carbons (Fsp3) is 0.240. The van der Waals surface area contributed by atoms with Crippen molar-refractivity contribution < 1.29 is 14.4 Å². The van der Waals surface area contributed by atoms with E-state index in [0.717, 1.165) is 54.1 Å². The van der Waals surface area contributed by atoms with E-state index in [2.05, 4.69) is 27.1 Å². The Labute approximate surface area is 181 Å². The second kappa shape index (κ2) is 8.32. The van der Waals surface area contributed by atoms with Crippen molar-refractivity contribution in [2.24, 2.45) is 0 Å². The molecule has 4 aromatic rings. The normalized spacial score (nSPS) is 14.8. The van der Waals surface area contributed by atoms with E-state index < -0.39 is 0 Å². The quantitative estimate of drug-likeness (QED) is 0.517. The number of nitrogens with zero attached hydrogens (tertiary/aromatic N) is 3. The molecule has 1 aromatic heterocycles. The molecule has 0 amide bonds. The summed E-state index contributed by atoms with van der Waals surface area (Å²) in [5.74, 6) is 1.12. The minimum Gasteiger partial charge on any atom is -0.507 e. The Morgan fingerprint density at radius 2 is 1.68 bits per heavy atom. The third kappa shape index (κ3) is 3.82. The molecule has 3 aromatic carbocycles. The third-order valence-electron chi connectivity index (χ3n) is 5.96. The predicted octanol–water partition coefficient (Wildman–Crippen LogP) is 4.53. The zero-order valence-electron chi connectivity index (χ0n) is 17.5. The number of fused-ring (bicyclic) bond motifs is 1. The van der Waals surface area contributed by atoms with Crippen molar-refractivity contribution in [3.05, 3.63) is 72.3 Å². The zero-order chi connectivity index (χ0) is 21.2. The van der Waals surface area contributed by atoms with Gasteiger partial charge in [0.05, 0.1) is 18.1 Å². The van der Waals surface area contributed by atoms with Crippen LogP contribution in [-0.2, 0) is 6.54 Å². The van der Waals surface area contributed by atoms with Crippen LogP contribution in [0.15, 0.2) is 71.3 Å². The number of anilines is 1. The number of piperazine rings is 1. The summed E-state index contributed by atoms with van der Waals surface area (Å²) >= 11 is 0. The summed E-state index contributed by atoms with van der Waals surface area (Å²) in [6, 6.07) is 21.8. The fourth-order valence-corrected chi connectivity index (χ4v) is 4.19. The van der Waals surface area contributed by atoms with Gasteiger partial charge >= 0.3 is 0 Å². The molecule has 0 aliphatic carbocycles. The number of benzene rings is 3. The third-order valence-corrected chi connectivity index (χ3v) is 5.96. The molecule has 0 saturated carbocycles. The number of ether oxygens (including phenoxy) is 1. The van der Waals surface area contributed by atoms with Crippen LogP contribution in [0, 0.1) is 0 Å². The minimum atomic E-state index is 0.251. The maximum Gasteiger partial charge on any atom is 0.175 e. The van der Waals surface area contributed by atoms with Gasteiger partial charge in [-0.2, -0.15) is 0 Å². The van der Waals surface area contributed by atoms with Crippen LogP contribution in [-0.4, -0.2) is 48.5 Å². The van der Waals surface area contributed by atoms with Crippen molar-refractivity contribution in [1.29, 1.82) is 0 Å². The summed E-state index contributed by atoms with van der Waals surface area (Å²) in [6.45, 7) is 4.29. The summed E-state index contributed by atoms with van der Waals surface area (Å²) in [5.41, 5.74) is 4.47. The van der Waals surface area contributed by atoms with Crippen LogP contribution in [0.25, 0.3) is 22.2 Å². The van der Waals surface area contributed by atoms with Gasteiger partial charge in [0.1, 0.15) is 17.2 Å². The molecule has 1 aliphatic heterocycles. The van der Waals surface area contributed by atoms with E-state index in [-0.39, 0.29) is 5.75 Å². The highest BCUT2D eigenvalue weighted by Gasteiger charge is 2.22. The Hall–Kier alpha value is -3.51. The summed E-state index contributed by atoms with van der Waals surface area (Å²) in [6.07, 6.45) is 0. The molecular formula is C25H25N3O3. The molecular weight excluding hydrogens is 390 g/mol. The first-order valence-electron chi connectivity index (χ1n) is 10.5. The van der Waals surface area contributed by atoms with E-state index in [1.165, 1.54) is 5.69 Å². The van der Waals surface area contributed by atoms with E-state index >= 15 is 0 Å². The van der Waals surface area contributed by atoms with Crippen molar-refractivity contribution in [3.63, 3.8) is 0 Å². The lowest BCUT2D eigenvalue weighted by Gasteiger charge is -2.36. The molecule has 0 atom stereocenters. The Morgan fingerprint density at radius 3 is 2.39 bits per heavy atom. The van der Waals surface area contributed by atoms with E-state index in [9.17, 15) is 5.11 Å². The lowest BCUT2D eigenvalue weighted by Crippen LogP contribution is -2.45. The Morgan fingerprint density at radius 1 is 0.935 bits per heavy atom. The zero-order valence-corrected chi connectivity index (χ0v) is 17.5. The molecule has 2 heterocycles. The molecule has 5 rings (SSSR count). The summed E-state index contributed by atoms with van der Waals surface area (Å²) in [5, 5.41) is 15.8. The Kier molecular flexibility index (Phi) is 5.22. The number of hydrogen-bond acceptors (Lipinski definition) is 6. The molecule has 0 unspecified atom stereocenters. The average Bonchev–Trinajstić information content (AvgIpc) is 3.26. The monoisotopic (exact) mass is 415 g/mol. The largest absolute Gasteiger partial charge is 0.507 e. The van der Waals surface area contributed by atoms with Crippen LogP contribution in [0.1, 0.15) is 5.56 Å². The molecule has 6 nitrogen and oxygen atoms in total. The van der Waals surface area contributed by atoms with Crippen LogP contribution >= 0.6 is 0 Å². The SMILES string of the molecule is COc1ccc(N2CCN(Cc3c(O)ccc4c(-c5ccccc5)noc34)CC2)cc1. The second-order valence-corrected chi connectivity index (χ2v) is 7.80. The van der Waals surface area contributed by atoms with Crippen molar-refractivity contribution >= 4 is 16.7 Å². The van der Waals surface area contributed by atoms with Crippen molar-refractivity contribution in [2.75, 3.05) is 38.2 Å². The molecule has 0 radical (unpaired) electrons. The minimum absolute atomic E-state index is 0.251. The van der Waals surface area contributed by atoms with Gasteiger partial charge in [-0.1, -0.05) is 35.5 Å². The molecule has 6 heteroatoms. The summed E-state index contributed by atoms with van der Waals surface area (Å²) in [4.78, 5) is 4.72.